The van der Waals surface area contributed by atoms with Gasteiger partial charge < -0.3 is 24.9 Å². The van der Waals surface area contributed by atoms with Crippen molar-refractivity contribution in [1.82, 2.24) is 10.6 Å². The topological polar surface area (TPSA) is 126 Å². The number of benzene rings is 5. The maximum Gasteiger partial charge on any atom is 0.251 e. The van der Waals surface area contributed by atoms with Crippen LogP contribution in [0.15, 0.2) is 121 Å². The van der Waals surface area contributed by atoms with E-state index in [1.54, 1.807) is 24.3 Å². The lowest BCUT2D eigenvalue weighted by atomic mass is 9.93. The van der Waals surface area contributed by atoms with Crippen molar-refractivity contribution in [3.8, 4) is 22.6 Å². The van der Waals surface area contributed by atoms with E-state index in [2.05, 4.69) is 75.2 Å². The molecule has 11 heteroatoms. The number of amides is 1. The first-order valence-electron chi connectivity index (χ1n) is 19.2. The van der Waals surface area contributed by atoms with Crippen LogP contribution in [0, 0.1) is 0 Å². The van der Waals surface area contributed by atoms with Crippen molar-refractivity contribution in [2.24, 2.45) is 0 Å². The van der Waals surface area contributed by atoms with Gasteiger partial charge in [0.25, 0.3) is 5.91 Å². The minimum absolute atomic E-state index is 0.0551. The molecule has 0 heterocycles. The summed E-state index contributed by atoms with van der Waals surface area (Å²) in [5.41, 5.74) is 6.45. The number of ether oxygens (including phenoxy) is 1. The highest BCUT2D eigenvalue weighted by atomic mass is 32.2. The molecule has 9 nitrogen and oxygen atoms in total. The van der Waals surface area contributed by atoms with E-state index in [-0.39, 0.29) is 28.3 Å². The number of anilines is 1. The Morgan fingerprint density at radius 2 is 1.39 bits per heavy atom. The van der Waals surface area contributed by atoms with Crippen molar-refractivity contribution in [2.45, 2.75) is 84.0 Å². The number of carbonyl (C=O) groups is 1. The maximum absolute atomic E-state index is 13.0. The van der Waals surface area contributed by atoms with Gasteiger partial charge in [0.05, 0.1) is 18.0 Å². The molecule has 0 spiro atoms. The molecule has 0 aromatic heterocycles. The van der Waals surface area contributed by atoms with Crippen LogP contribution in [-0.2, 0) is 34.0 Å². The van der Waals surface area contributed by atoms with Gasteiger partial charge in [-0.15, -0.1) is 0 Å². The average molecular weight is 808 g/mol. The molecule has 0 aliphatic heterocycles. The fourth-order valence-corrected chi connectivity index (χ4v) is 8.04. The van der Waals surface area contributed by atoms with E-state index in [1.807, 2.05) is 84.9 Å². The number of phenols is 1. The van der Waals surface area contributed by atoms with Crippen LogP contribution in [0.25, 0.3) is 11.1 Å². The van der Waals surface area contributed by atoms with Gasteiger partial charge in [-0.25, -0.2) is 8.42 Å². The van der Waals surface area contributed by atoms with Crippen LogP contribution in [0.4, 0.5) is 5.69 Å². The van der Waals surface area contributed by atoms with E-state index >= 15 is 0 Å². The quantitative estimate of drug-likeness (QED) is 0.0690. The summed E-state index contributed by atoms with van der Waals surface area (Å²) in [6, 6.07) is 38.0. The largest absolute Gasteiger partial charge is 0.508 e. The SMILES string of the molecule is CC(C)(Cc1cccc(CNC(=O)c2ccc(-c3ccc(O)cc3)cc2)c1)NC[C@H](O[Si](C)(C)C(C)(C)C)c1ccc(OCc2ccccc2)c(NS(C)(=O)=O)c1. The molecule has 0 fully saturated rings. The second kappa shape index (κ2) is 18.1. The Kier molecular flexibility index (Phi) is 13.7. The molecule has 0 bridgehead atoms. The van der Waals surface area contributed by atoms with Gasteiger partial charge in [-0.2, -0.15) is 0 Å². The van der Waals surface area contributed by atoms with Crippen LogP contribution in [0.5, 0.6) is 11.5 Å². The summed E-state index contributed by atoms with van der Waals surface area (Å²) < 4.78 is 40.8. The van der Waals surface area contributed by atoms with E-state index in [0.29, 0.717) is 43.1 Å². The van der Waals surface area contributed by atoms with Gasteiger partial charge in [-0.05, 0) is 108 Å². The van der Waals surface area contributed by atoms with Crippen molar-refractivity contribution in [3.05, 3.63) is 149 Å². The molecule has 5 aromatic carbocycles. The molecule has 1 amide bonds. The Labute approximate surface area is 340 Å². The first-order valence-corrected chi connectivity index (χ1v) is 24.0. The third-order valence-electron chi connectivity index (χ3n) is 10.4. The first-order chi connectivity index (χ1) is 26.8. The highest BCUT2D eigenvalue weighted by Gasteiger charge is 2.40. The Morgan fingerprint density at radius 1 is 0.772 bits per heavy atom. The van der Waals surface area contributed by atoms with Crippen LogP contribution in [-0.4, -0.2) is 46.1 Å². The van der Waals surface area contributed by atoms with Gasteiger partial charge in [-0.1, -0.05) is 106 Å². The fourth-order valence-electron chi connectivity index (χ4n) is 6.19. The Bertz CT molecular complexity index is 2220. The van der Waals surface area contributed by atoms with Crippen molar-refractivity contribution >= 4 is 29.9 Å². The number of rotatable bonds is 17. The fraction of sp³-hybridized carbons (Fsp3) is 0.326. The molecule has 1 atom stereocenters. The van der Waals surface area contributed by atoms with E-state index in [1.165, 1.54) is 0 Å². The molecule has 57 heavy (non-hydrogen) atoms. The van der Waals surface area contributed by atoms with E-state index < -0.39 is 18.3 Å². The number of nitrogens with one attached hydrogen (secondary N) is 3. The molecule has 0 aliphatic carbocycles. The lowest BCUT2D eigenvalue weighted by molar-refractivity contribution is 0.0951. The molecular formula is C46H57N3O6SSi. The summed E-state index contributed by atoms with van der Waals surface area (Å²) in [6.45, 7) is 16.5. The minimum atomic E-state index is -3.60. The summed E-state index contributed by atoms with van der Waals surface area (Å²) in [5.74, 6) is 0.494. The first kappa shape index (κ1) is 43.2. The van der Waals surface area contributed by atoms with Crippen LogP contribution < -0.4 is 20.1 Å². The zero-order chi connectivity index (χ0) is 41.4. The standard InChI is InChI=1S/C46H57N3O6SSi/c1-45(2,3)57(7,8)55-43(39-23-26-42(41(28-39)49-56(6,52)53)54-32-33-13-10-9-11-14-33)31-48-46(4,5)29-34-15-12-16-35(27-34)30-47-44(51)38-19-17-36(18-20-38)37-21-24-40(50)25-22-37/h9-28,43,48-50H,29-32H2,1-8H3,(H,47,51)/t43-/m0/s1. The maximum atomic E-state index is 13.0. The van der Waals surface area contributed by atoms with Gasteiger partial charge in [0, 0.05) is 24.2 Å². The van der Waals surface area contributed by atoms with Crippen molar-refractivity contribution < 1.29 is 27.5 Å². The van der Waals surface area contributed by atoms with E-state index in [0.717, 1.165) is 39.6 Å². The van der Waals surface area contributed by atoms with Gasteiger partial charge in [0.1, 0.15) is 18.1 Å². The van der Waals surface area contributed by atoms with Crippen LogP contribution >= 0.6 is 0 Å². The lowest BCUT2D eigenvalue weighted by Gasteiger charge is -2.40. The summed E-state index contributed by atoms with van der Waals surface area (Å²) in [7, 11) is -5.88. The Hall–Kier alpha value is -4.94. The molecule has 0 saturated carbocycles. The van der Waals surface area contributed by atoms with Crippen molar-refractivity contribution in [3.63, 3.8) is 0 Å². The highest BCUT2D eigenvalue weighted by molar-refractivity contribution is 7.92. The molecule has 0 unspecified atom stereocenters. The van der Waals surface area contributed by atoms with E-state index in [9.17, 15) is 18.3 Å². The molecule has 4 N–H and O–H groups in total. The summed E-state index contributed by atoms with van der Waals surface area (Å²) in [4.78, 5) is 13.0. The number of sulfonamides is 1. The van der Waals surface area contributed by atoms with Crippen molar-refractivity contribution in [1.29, 1.82) is 0 Å². The van der Waals surface area contributed by atoms with Crippen molar-refractivity contribution in [2.75, 3.05) is 17.5 Å². The molecule has 0 aliphatic rings. The van der Waals surface area contributed by atoms with Gasteiger partial charge >= 0.3 is 0 Å². The summed E-state index contributed by atoms with van der Waals surface area (Å²) in [5, 5.41) is 16.3. The van der Waals surface area contributed by atoms with Crippen LogP contribution in [0.1, 0.15) is 73.3 Å². The molecular weight excluding hydrogens is 751 g/mol. The number of phenolic OH excluding ortho intramolecular Hbond substituents is 1. The zero-order valence-electron chi connectivity index (χ0n) is 34.3. The number of aromatic hydroxyl groups is 1. The third kappa shape index (κ3) is 12.8. The predicted molar refractivity (Wildman–Crippen MR) is 234 cm³/mol. The lowest BCUT2D eigenvalue weighted by Crippen LogP contribution is -2.47. The van der Waals surface area contributed by atoms with E-state index in [4.69, 9.17) is 9.16 Å². The van der Waals surface area contributed by atoms with Gasteiger partial charge in [-0.3, -0.25) is 9.52 Å². The van der Waals surface area contributed by atoms with Gasteiger partial charge in [0.2, 0.25) is 10.0 Å². The minimum Gasteiger partial charge on any atom is -0.508 e. The molecule has 0 saturated heterocycles. The molecule has 5 aromatic rings. The third-order valence-corrected chi connectivity index (χ3v) is 15.4. The highest BCUT2D eigenvalue weighted by Crippen LogP contribution is 2.41. The second-order valence-corrected chi connectivity index (χ2v) is 23.3. The van der Waals surface area contributed by atoms with Crippen LogP contribution in [0.2, 0.25) is 18.1 Å². The normalized spacial score (nSPS) is 12.8. The smallest absolute Gasteiger partial charge is 0.251 e. The second-order valence-electron chi connectivity index (χ2n) is 16.8. The summed E-state index contributed by atoms with van der Waals surface area (Å²) >= 11 is 0. The molecule has 302 valence electrons. The zero-order valence-corrected chi connectivity index (χ0v) is 36.2. The predicted octanol–water partition coefficient (Wildman–Crippen LogP) is 9.61. The number of carbonyl (C=O) groups excluding carboxylic acids is 1. The molecule has 0 radical (unpaired) electrons. The van der Waals surface area contributed by atoms with Crippen LogP contribution in [0.3, 0.4) is 0 Å². The molecule has 5 rings (SSSR count). The number of hydrogen-bond donors (Lipinski definition) is 4. The number of hydrogen-bond acceptors (Lipinski definition) is 7. The monoisotopic (exact) mass is 807 g/mol. The average Bonchev–Trinajstić information content (AvgIpc) is 3.14. The summed E-state index contributed by atoms with van der Waals surface area (Å²) in [6.07, 6.45) is 1.48. The Morgan fingerprint density at radius 3 is 2.02 bits per heavy atom. The van der Waals surface area contributed by atoms with Gasteiger partial charge in [0.15, 0.2) is 8.32 Å². The Balaban J connectivity index is 1.27.